The number of hydrogen-bond acceptors (Lipinski definition) is 4. The third kappa shape index (κ3) is 9.12. The van der Waals surface area contributed by atoms with Crippen LogP contribution in [0.2, 0.25) is 0 Å². The van der Waals surface area contributed by atoms with Gasteiger partial charge in [0.25, 0.3) is 0 Å². The van der Waals surface area contributed by atoms with Crippen molar-refractivity contribution in [2.45, 2.75) is 0 Å². The molecule has 6 nitrogen and oxygen atoms in total. The molecule has 0 saturated heterocycles. The smallest absolute Gasteiger partial charge is 0.446 e. The Kier molecular flexibility index (Phi) is 10.4. The van der Waals surface area contributed by atoms with E-state index in [9.17, 15) is 13.2 Å². The van der Waals surface area contributed by atoms with E-state index in [1.165, 1.54) is 30.3 Å². The number of carboxylic acid groups (broad SMARTS) is 1. The number of carbonyl (C=O) groups is 1. The molecule has 9 heteroatoms. The molecule has 18 heavy (non-hydrogen) atoms. The van der Waals surface area contributed by atoms with Crippen molar-refractivity contribution in [3.05, 3.63) is 35.9 Å². The van der Waals surface area contributed by atoms with Crippen LogP contribution in [-0.2, 0) is 15.2 Å². The van der Waals surface area contributed by atoms with Gasteiger partial charge in [-0.3, -0.25) is 4.55 Å². The van der Waals surface area contributed by atoms with Crippen LogP contribution in [0.4, 0.5) is 0 Å². The van der Waals surface area contributed by atoms with Crippen molar-refractivity contribution in [2.75, 3.05) is 0 Å². The summed E-state index contributed by atoms with van der Waals surface area (Å²) >= 11 is 0. The summed E-state index contributed by atoms with van der Waals surface area (Å²) in [5, 5.41) is 8.36. The van der Waals surface area contributed by atoms with Crippen molar-refractivity contribution in [2.24, 2.45) is 0 Å². The van der Waals surface area contributed by atoms with Crippen LogP contribution in [0.5, 0.6) is 5.75 Å². The molecular formula is C9H8Na2O6S. The Hall–Kier alpha value is 0.140. The first-order valence-electron chi connectivity index (χ1n) is 4.05. The molecule has 0 atom stereocenters. The van der Waals surface area contributed by atoms with E-state index in [0.717, 1.165) is 6.08 Å². The fourth-order valence-electron chi connectivity index (χ4n) is 0.924. The molecule has 0 aliphatic carbocycles. The Morgan fingerprint density at radius 1 is 1.17 bits per heavy atom. The predicted octanol–water partition coefficient (Wildman–Crippen LogP) is 0.204. The van der Waals surface area contributed by atoms with E-state index < -0.39 is 16.4 Å². The quantitative estimate of drug-likeness (QED) is 0.467. The van der Waals surface area contributed by atoms with Gasteiger partial charge in [0.05, 0.1) is 0 Å². The van der Waals surface area contributed by atoms with E-state index in [4.69, 9.17) is 9.66 Å². The van der Waals surface area contributed by atoms with E-state index in [-0.39, 0.29) is 64.9 Å². The summed E-state index contributed by atoms with van der Waals surface area (Å²) in [4.78, 5) is 10.2. The number of benzene rings is 1. The zero-order valence-electron chi connectivity index (χ0n) is 9.90. The maximum Gasteiger partial charge on any atom is 0.446 e. The van der Waals surface area contributed by atoms with E-state index in [0.29, 0.717) is 5.56 Å². The fraction of sp³-hybridized carbons (Fsp3) is 0. The average Bonchev–Trinajstić information content (AvgIpc) is 2.14. The minimum Gasteiger partial charge on any atom is -0.478 e. The van der Waals surface area contributed by atoms with Crippen molar-refractivity contribution < 1.29 is 27.1 Å². The maximum absolute atomic E-state index is 10.3. The van der Waals surface area contributed by atoms with Gasteiger partial charge >= 0.3 is 16.4 Å². The molecule has 1 aromatic carbocycles. The first-order valence-corrected chi connectivity index (χ1v) is 5.41. The molecule has 0 unspecified atom stereocenters. The average molecular weight is 290 g/mol. The SMILES string of the molecule is O=C(O)/C=C/c1ccc(OS(=O)(=O)O)cc1.[Na].[Na]. The third-order valence-corrected chi connectivity index (χ3v) is 1.90. The molecule has 2 N–H and O–H groups in total. The summed E-state index contributed by atoms with van der Waals surface area (Å²) in [6.07, 6.45) is 2.28. The van der Waals surface area contributed by atoms with E-state index in [1.54, 1.807) is 0 Å². The first kappa shape index (κ1) is 20.5. The van der Waals surface area contributed by atoms with Crippen LogP contribution in [0.15, 0.2) is 30.3 Å². The molecule has 0 bridgehead atoms. The Labute approximate surface area is 149 Å². The van der Waals surface area contributed by atoms with Gasteiger partial charge in [-0.2, -0.15) is 8.42 Å². The Morgan fingerprint density at radius 3 is 2.06 bits per heavy atom. The topological polar surface area (TPSA) is 101 Å². The zero-order valence-corrected chi connectivity index (χ0v) is 14.7. The molecule has 2 radical (unpaired) electrons. The van der Waals surface area contributed by atoms with Gasteiger partial charge < -0.3 is 9.29 Å². The summed E-state index contributed by atoms with van der Waals surface area (Å²) in [6, 6.07) is 5.46. The molecule has 0 saturated carbocycles. The van der Waals surface area contributed by atoms with E-state index >= 15 is 0 Å². The second-order valence-corrected chi connectivity index (χ2v) is 3.77. The number of hydrogen-bond donors (Lipinski definition) is 2. The molecule has 0 spiro atoms. The molecule has 0 amide bonds. The Balaban J connectivity index is 0. The van der Waals surface area contributed by atoms with Gasteiger partial charge in [0.2, 0.25) is 0 Å². The molecule has 0 aromatic heterocycles. The van der Waals surface area contributed by atoms with Crippen LogP contribution in [0.1, 0.15) is 5.56 Å². The van der Waals surface area contributed by atoms with E-state index in [2.05, 4.69) is 4.18 Å². The standard InChI is InChI=1S/C9H8O6S.2Na/c10-9(11)6-3-7-1-4-8(5-2-7)15-16(12,13)14;;/h1-6H,(H,10,11)(H,12,13,14);;/b6-3+;;. The van der Waals surface area contributed by atoms with Crippen LogP contribution in [0, 0.1) is 0 Å². The van der Waals surface area contributed by atoms with Crippen LogP contribution >= 0.6 is 0 Å². The summed E-state index contributed by atoms with van der Waals surface area (Å²) < 4.78 is 33.2. The minimum atomic E-state index is -4.53. The van der Waals surface area contributed by atoms with Gasteiger partial charge in [0, 0.05) is 65.2 Å². The largest absolute Gasteiger partial charge is 0.478 e. The number of carboxylic acids is 1. The van der Waals surface area contributed by atoms with Crippen molar-refractivity contribution in [1.29, 1.82) is 0 Å². The Morgan fingerprint density at radius 2 is 1.67 bits per heavy atom. The van der Waals surface area contributed by atoms with Crippen molar-refractivity contribution in [3.8, 4) is 5.75 Å². The second kappa shape index (κ2) is 9.11. The van der Waals surface area contributed by atoms with Gasteiger partial charge in [-0.15, -0.1) is 0 Å². The molecule has 0 aliphatic rings. The minimum absolute atomic E-state index is 0. The van der Waals surface area contributed by atoms with Gasteiger partial charge in [-0.25, -0.2) is 4.79 Å². The van der Waals surface area contributed by atoms with Crippen molar-refractivity contribution in [3.63, 3.8) is 0 Å². The molecule has 1 rings (SSSR count). The number of rotatable bonds is 4. The molecule has 0 fully saturated rings. The van der Waals surface area contributed by atoms with Crippen LogP contribution in [0.25, 0.3) is 6.08 Å². The fourth-order valence-corrected chi connectivity index (χ4v) is 1.28. The summed E-state index contributed by atoms with van der Waals surface area (Å²) in [5.74, 6) is -1.15. The molecule has 0 heterocycles. The normalized spacial score (nSPS) is 10.3. The van der Waals surface area contributed by atoms with Gasteiger partial charge in [-0.05, 0) is 23.8 Å². The Bertz CT molecular complexity index is 508. The van der Waals surface area contributed by atoms with Gasteiger partial charge in [0.1, 0.15) is 5.75 Å². The zero-order chi connectivity index (χ0) is 12.2. The molecule has 88 valence electrons. The van der Waals surface area contributed by atoms with Crippen molar-refractivity contribution >= 4 is 81.6 Å². The molecule has 0 aliphatic heterocycles. The van der Waals surface area contributed by atoms with Crippen LogP contribution in [-0.4, -0.2) is 83.2 Å². The maximum atomic E-state index is 10.3. The molecule has 1 aromatic rings. The van der Waals surface area contributed by atoms with Crippen LogP contribution < -0.4 is 4.18 Å². The summed E-state index contributed by atoms with van der Waals surface area (Å²) in [7, 11) is -4.53. The predicted molar refractivity (Wildman–Crippen MR) is 66.8 cm³/mol. The summed E-state index contributed by atoms with van der Waals surface area (Å²) in [5.41, 5.74) is 0.560. The van der Waals surface area contributed by atoms with Gasteiger partial charge in [0.15, 0.2) is 0 Å². The van der Waals surface area contributed by atoms with Crippen LogP contribution in [0.3, 0.4) is 0 Å². The first-order chi connectivity index (χ1) is 7.37. The summed E-state index contributed by atoms with van der Waals surface area (Å²) in [6.45, 7) is 0. The molecular weight excluding hydrogens is 282 g/mol. The van der Waals surface area contributed by atoms with E-state index in [1.807, 2.05) is 0 Å². The third-order valence-electron chi connectivity index (χ3n) is 1.50. The monoisotopic (exact) mass is 290 g/mol. The second-order valence-electron chi connectivity index (χ2n) is 2.75. The van der Waals surface area contributed by atoms with Crippen molar-refractivity contribution in [1.82, 2.24) is 0 Å². The van der Waals surface area contributed by atoms with Gasteiger partial charge in [-0.1, -0.05) is 12.1 Å². The number of aliphatic carboxylic acids is 1.